The van der Waals surface area contributed by atoms with Gasteiger partial charge in [-0.2, -0.15) is 0 Å². The van der Waals surface area contributed by atoms with Crippen LogP contribution in [0.3, 0.4) is 0 Å². The number of ether oxygens (including phenoxy) is 1. The lowest BCUT2D eigenvalue weighted by atomic mass is 9.84. The van der Waals surface area contributed by atoms with E-state index in [1.807, 2.05) is 20.8 Å². The van der Waals surface area contributed by atoms with Gasteiger partial charge in [0, 0.05) is 18.5 Å². The van der Waals surface area contributed by atoms with Crippen LogP contribution in [0.2, 0.25) is 0 Å². The molecule has 0 heterocycles. The highest BCUT2D eigenvalue weighted by atomic mass is 16.6. The Bertz CT molecular complexity index is 666. The van der Waals surface area contributed by atoms with E-state index in [0.29, 0.717) is 30.3 Å². The first-order valence-corrected chi connectivity index (χ1v) is 11.1. The summed E-state index contributed by atoms with van der Waals surface area (Å²) >= 11 is 0. The van der Waals surface area contributed by atoms with E-state index in [9.17, 15) is 4.79 Å². The van der Waals surface area contributed by atoms with Gasteiger partial charge in [-0.15, -0.1) is 0 Å². The summed E-state index contributed by atoms with van der Waals surface area (Å²) in [6, 6.07) is 11.9. The molecule has 3 heteroatoms. The van der Waals surface area contributed by atoms with E-state index in [4.69, 9.17) is 4.74 Å². The van der Waals surface area contributed by atoms with E-state index in [-0.39, 0.29) is 11.6 Å². The van der Waals surface area contributed by atoms with Crippen LogP contribution in [-0.2, 0) is 9.53 Å². The lowest BCUT2D eigenvalue weighted by Crippen LogP contribution is -2.36. The molecule has 0 aromatic heterocycles. The van der Waals surface area contributed by atoms with Gasteiger partial charge in [-0.3, -0.25) is 4.79 Å². The maximum absolute atomic E-state index is 12.1. The van der Waals surface area contributed by atoms with Crippen molar-refractivity contribution >= 4 is 12.0 Å². The number of esters is 1. The molecule has 1 N–H and O–H groups in total. The summed E-state index contributed by atoms with van der Waals surface area (Å²) in [7, 11) is 0. The van der Waals surface area contributed by atoms with Crippen molar-refractivity contribution in [3.05, 3.63) is 41.5 Å². The summed E-state index contributed by atoms with van der Waals surface area (Å²) < 4.78 is 5.48. The first-order valence-electron chi connectivity index (χ1n) is 11.1. The van der Waals surface area contributed by atoms with Crippen LogP contribution < -0.4 is 5.32 Å². The predicted octanol–water partition coefficient (Wildman–Crippen LogP) is 5.75. The smallest absolute Gasteiger partial charge is 0.306 e. The molecule has 0 aliphatic heterocycles. The Labute approximate surface area is 170 Å². The quantitative estimate of drug-likeness (QED) is 0.609. The zero-order valence-electron chi connectivity index (χ0n) is 18.0. The van der Waals surface area contributed by atoms with Crippen molar-refractivity contribution < 1.29 is 9.53 Å². The molecule has 2 saturated carbocycles. The summed E-state index contributed by atoms with van der Waals surface area (Å²) in [5, 5.41) is 3.90. The molecule has 28 heavy (non-hydrogen) atoms. The van der Waals surface area contributed by atoms with Crippen molar-refractivity contribution in [1.82, 2.24) is 5.32 Å². The third-order valence-electron chi connectivity index (χ3n) is 6.00. The lowest BCUT2D eigenvalue weighted by molar-refractivity contribution is -0.156. The van der Waals surface area contributed by atoms with Crippen LogP contribution in [-0.4, -0.2) is 23.7 Å². The molecular formula is C25H37NO2. The Morgan fingerprint density at radius 2 is 1.82 bits per heavy atom. The van der Waals surface area contributed by atoms with Gasteiger partial charge >= 0.3 is 5.97 Å². The van der Waals surface area contributed by atoms with Gasteiger partial charge in [0.2, 0.25) is 0 Å². The number of carbonyl (C=O) groups is 1. The number of hydrogen-bond acceptors (Lipinski definition) is 3. The first kappa shape index (κ1) is 21.1. The molecule has 0 unspecified atom stereocenters. The van der Waals surface area contributed by atoms with Gasteiger partial charge in [-0.05, 0) is 76.7 Å². The molecule has 1 aromatic carbocycles. The van der Waals surface area contributed by atoms with Crippen LogP contribution >= 0.6 is 0 Å². The van der Waals surface area contributed by atoms with Crippen molar-refractivity contribution in [2.75, 3.05) is 0 Å². The van der Waals surface area contributed by atoms with Gasteiger partial charge in [-0.25, -0.2) is 0 Å². The van der Waals surface area contributed by atoms with E-state index >= 15 is 0 Å². The highest BCUT2D eigenvalue weighted by Gasteiger charge is 2.40. The second-order valence-corrected chi connectivity index (χ2v) is 9.61. The normalized spacial score (nSPS) is 28.1. The van der Waals surface area contributed by atoms with Crippen molar-refractivity contribution in [2.24, 2.45) is 11.8 Å². The van der Waals surface area contributed by atoms with Gasteiger partial charge in [-0.1, -0.05) is 48.9 Å². The standard InChI is InChI=1S/C25H37NO2/c1-5-20(15-18-9-7-6-8-10-18)22-17-23(22)26-21-13-11-19(12-14-21)16-24(27)28-25(2,3)4/h6-10,15,19,21-23,26H,5,11-14,16-17H2,1-4H3/b20-15+/t19?,21?,22-,23+/m0/s1. The van der Waals surface area contributed by atoms with Crippen molar-refractivity contribution in [3.63, 3.8) is 0 Å². The van der Waals surface area contributed by atoms with Gasteiger partial charge in [0.05, 0.1) is 0 Å². The van der Waals surface area contributed by atoms with Crippen LogP contribution in [0.5, 0.6) is 0 Å². The molecule has 2 aliphatic rings. The molecule has 2 aliphatic carbocycles. The van der Waals surface area contributed by atoms with Crippen LogP contribution in [0.15, 0.2) is 35.9 Å². The summed E-state index contributed by atoms with van der Waals surface area (Å²) in [5.41, 5.74) is 2.51. The minimum atomic E-state index is -0.374. The molecular weight excluding hydrogens is 346 g/mol. The molecule has 2 atom stereocenters. The summed E-state index contributed by atoms with van der Waals surface area (Å²) in [6.45, 7) is 8.09. The maximum atomic E-state index is 12.1. The Morgan fingerprint density at radius 3 is 2.43 bits per heavy atom. The molecule has 0 spiro atoms. The SMILES string of the molecule is CC/C(=C\c1ccccc1)[C@@H]1C[C@H]1NC1CCC(CC(=O)OC(C)(C)C)CC1. The summed E-state index contributed by atoms with van der Waals surface area (Å²) in [4.78, 5) is 12.1. The van der Waals surface area contributed by atoms with Crippen molar-refractivity contribution in [2.45, 2.75) is 90.3 Å². The van der Waals surface area contributed by atoms with Gasteiger partial charge in [0.25, 0.3) is 0 Å². The van der Waals surface area contributed by atoms with E-state index < -0.39 is 0 Å². The average molecular weight is 384 g/mol. The van der Waals surface area contributed by atoms with Gasteiger partial charge in [0.15, 0.2) is 0 Å². The fraction of sp³-hybridized carbons (Fsp3) is 0.640. The molecule has 2 fully saturated rings. The monoisotopic (exact) mass is 383 g/mol. The lowest BCUT2D eigenvalue weighted by Gasteiger charge is -2.30. The third-order valence-corrected chi connectivity index (χ3v) is 6.00. The number of nitrogens with one attached hydrogen (secondary N) is 1. The summed E-state index contributed by atoms with van der Waals surface area (Å²) in [5.74, 6) is 1.15. The van der Waals surface area contributed by atoms with E-state index in [1.54, 1.807) is 5.57 Å². The Balaban J connectivity index is 1.41. The molecule has 154 valence electrons. The second kappa shape index (κ2) is 9.26. The zero-order chi connectivity index (χ0) is 20.1. The van der Waals surface area contributed by atoms with Crippen LogP contribution in [0.1, 0.15) is 78.2 Å². The fourth-order valence-electron chi connectivity index (χ4n) is 4.48. The largest absolute Gasteiger partial charge is 0.460 e. The Hall–Kier alpha value is -1.61. The Kier molecular flexibility index (Phi) is 6.98. The number of hydrogen-bond donors (Lipinski definition) is 1. The molecule has 0 bridgehead atoms. The van der Waals surface area contributed by atoms with Crippen molar-refractivity contribution in [1.29, 1.82) is 0 Å². The number of rotatable bonds is 7. The van der Waals surface area contributed by atoms with E-state index in [0.717, 1.165) is 19.3 Å². The highest BCUT2D eigenvalue weighted by molar-refractivity contribution is 5.70. The first-order chi connectivity index (χ1) is 13.3. The minimum absolute atomic E-state index is 0.0372. The number of benzene rings is 1. The Morgan fingerprint density at radius 1 is 1.14 bits per heavy atom. The molecule has 0 saturated heterocycles. The topological polar surface area (TPSA) is 38.3 Å². The zero-order valence-corrected chi connectivity index (χ0v) is 18.0. The van der Waals surface area contributed by atoms with Gasteiger partial charge < -0.3 is 10.1 Å². The van der Waals surface area contributed by atoms with Crippen LogP contribution in [0.25, 0.3) is 6.08 Å². The molecule has 3 nitrogen and oxygen atoms in total. The van der Waals surface area contributed by atoms with Crippen LogP contribution in [0, 0.1) is 11.8 Å². The van der Waals surface area contributed by atoms with Gasteiger partial charge in [0.1, 0.15) is 5.60 Å². The molecule has 1 aromatic rings. The number of carbonyl (C=O) groups excluding carboxylic acids is 1. The predicted molar refractivity (Wildman–Crippen MR) is 116 cm³/mol. The summed E-state index contributed by atoms with van der Waals surface area (Å²) in [6.07, 6.45) is 9.98. The average Bonchev–Trinajstić information content (AvgIpc) is 3.39. The van der Waals surface area contributed by atoms with Crippen LogP contribution in [0.4, 0.5) is 0 Å². The molecule has 0 radical (unpaired) electrons. The van der Waals surface area contributed by atoms with Crippen molar-refractivity contribution in [3.8, 4) is 0 Å². The van der Waals surface area contributed by atoms with E-state index in [1.165, 1.54) is 24.8 Å². The van der Waals surface area contributed by atoms with E-state index in [2.05, 4.69) is 48.6 Å². The molecule has 0 amide bonds. The maximum Gasteiger partial charge on any atom is 0.306 e. The fourth-order valence-corrected chi connectivity index (χ4v) is 4.48. The second-order valence-electron chi connectivity index (χ2n) is 9.61. The highest BCUT2D eigenvalue weighted by Crippen LogP contribution is 2.41. The minimum Gasteiger partial charge on any atom is -0.460 e. The molecule has 3 rings (SSSR count). The third kappa shape index (κ3) is 6.48.